The van der Waals surface area contributed by atoms with Gasteiger partial charge in [0.1, 0.15) is 5.75 Å². The van der Waals surface area contributed by atoms with Crippen molar-refractivity contribution in [2.45, 2.75) is 24.7 Å². The van der Waals surface area contributed by atoms with Gasteiger partial charge in [-0.2, -0.15) is 17.9 Å². The van der Waals surface area contributed by atoms with Gasteiger partial charge >= 0.3 is 6.18 Å². The Kier molecular flexibility index (Phi) is 10.5. The highest BCUT2D eigenvalue weighted by Crippen LogP contribution is 2.34. The molecule has 0 bridgehead atoms. The average Bonchev–Trinajstić information content (AvgIpc) is 3.43. The molecule has 2 heterocycles. The quantitative estimate of drug-likeness (QED) is 0.282. The van der Waals surface area contributed by atoms with Gasteiger partial charge in [0, 0.05) is 43.7 Å². The molecule has 0 radical (unpaired) electrons. The van der Waals surface area contributed by atoms with Gasteiger partial charge in [0.2, 0.25) is 0 Å². The van der Waals surface area contributed by atoms with Crippen LogP contribution >= 0.6 is 24.8 Å². The normalized spacial score (nSPS) is 16.3. The maximum atomic E-state index is 13.4. The summed E-state index contributed by atoms with van der Waals surface area (Å²) >= 11 is 0. The van der Waals surface area contributed by atoms with Crippen molar-refractivity contribution < 1.29 is 17.9 Å². The van der Waals surface area contributed by atoms with Crippen LogP contribution in [0.1, 0.15) is 28.4 Å². The lowest BCUT2D eigenvalue weighted by molar-refractivity contribution is -0.146. The van der Waals surface area contributed by atoms with E-state index >= 15 is 0 Å². The number of hydrogen-bond acceptors (Lipinski definition) is 6. The van der Waals surface area contributed by atoms with Crippen molar-refractivity contribution in [1.82, 2.24) is 30.0 Å². The van der Waals surface area contributed by atoms with Crippen molar-refractivity contribution in [3.05, 3.63) is 101 Å². The van der Waals surface area contributed by atoms with E-state index in [2.05, 4.69) is 80.9 Å². The molecule has 1 fully saturated rings. The first-order valence-electron chi connectivity index (χ1n) is 12.4. The highest BCUT2D eigenvalue weighted by molar-refractivity contribution is 5.85. The number of aromatic nitrogens is 4. The molecule has 40 heavy (non-hydrogen) atoms. The summed E-state index contributed by atoms with van der Waals surface area (Å²) in [7, 11) is 3.71. The lowest BCUT2D eigenvalue weighted by atomic mass is 9.83. The van der Waals surface area contributed by atoms with Crippen molar-refractivity contribution in [1.29, 1.82) is 0 Å². The first-order valence-corrected chi connectivity index (χ1v) is 12.4. The summed E-state index contributed by atoms with van der Waals surface area (Å²) in [5.41, 5.74) is 3.49. The van der Waals surface area contributed by atoms with E-state index in [1.165, 1.54) is 17.2 Å². The lowest BCUT2D eigenvalue weighted by Gasteiger charge is -2.43. The van der Waals surface area contributed by atoms with Gasteiger partial charge in [-0.05, 0) is 46.8 Å². The molecular weight excluding hydrogens is 564 g/mol. The molecular formula is C28H31Cl2F3N6O. The van der Waals surface area contributed by atoms with Crippen LogP contribution in [-0.4, -0.2) is 69.8 Å². The molecule has 0 unspecified atom stereocenters. The highest BCUT2D eigenvalue weighted by atomic mass is 35.5. The smallest absolute Gasteiger partial charge is 0.453 e. The minimum atomic E-state index is -4.67. The number of ether oxygens (including phenoxy) is 1. The number of nitrogens with zero attached hydrogens (tertiary/aromatic N) is 6. The van der Waals surface area contributed by atoms with Crippen molar-refractivity contribution in [3.63, 3.8) is 0 Å². The molecule has 1 atom stereocenters. The number of hydrogen-bond donors (Lipinski definition) is 0. The number of benzene rings is 3. The molecule has 1 saturated heterocycles. The summed E-state index contributed by atoms with van der Waals surface area (Å²) in [6.07, 6.45) is -4.67. The zero-order valence-electron chi connectivity index (χ0n) is 22.0. The lowest BCUT2D eigenvalue weighted by Crippen LogP contribution is -2.53. The molecule has 5 rings (SSSR count). The molecule has 12 heteroatoms. The van der Waals surface area contributed by atoms with Crippen LogP contribution < -0.4 is 4.74 Å². The van der Waals surface area contributed by atoms with E-state index in [1.54, 1.807) is 19.2 Å². The second kappa shape index (κ2) is 13.5. The molecule has 0 saturated carbocycles. The van der Waals surface area contributed by atoms with Gasteiger partial charge in [-0.25, -0.2) is 0 Å². The van der Waals surface area contributed by atoms with Crippen LogP contribution in [0.2, 0.25) is 0 Å². The largest absolute Gasteiger partial charge is 0.496 e. The predicted molar refractivity (Wildman–Crippen MR) is 152 cm³/mol. The maximum Gasteiger partial charge on any atom is 0.453 e. The zero-order chi connectivity index (χ0) is 26.7. The molecule has 214 valence electrons. The van der Waals surface area contributed by atoms with Gasteiger partial charge in [0.15, 0.2) is 0 Å². The average molecular weight is 595 g/mol. The number of methoxy groups -OCH3 is 1. The third-order valence-corrected chi connectivity index (χ3v) is 7.11. The number of tetrazole rings is 1. The van der Waals surface area contributed by atoms with E-state index in [-0.39, 0.29) is 42.5 Å². The van der Waals surface area contributed by atoms with Gasteiger partial charge in [0.25, 0.3) is 5.82 Å². The molecule has 0 spiro atoms. The predicted octanol–water partition coefficient (Wildman–Crippen LogP) is 5.48. The number of piperazine rings is 1. The van der Waals surface area contributed by atoms with Crippen LogP contribution in [0.25, 0.3) is 5.69 Å². The van der Waals surface area contributed by atoms with E-state index in [9.17, 15) is 13.2 Å². The fourth-order valence-electron chi connectivity index (χ4n) is 5.22. The van der Waals surface area contributed by atoms with Crippen molar-refractivity contribution >= 4 is 24.8 Å². The third kappa shape index (κ3) is 6.75. The van der Waals surface area contributed by atoms with E-state index in [1.807, 2.05) is 12.1 Å². The summed E-state index contributed by atoms with van der Waals surface area (Å²) in [4.78, 5) is 4.72. The van der Waals surface area contributed by atoms with Crippen LogP contribution in [0, 0.1) is 0 Å². The van der Waals surface area contributed by atoms with Crippen molar-refractivity contribution in [3.8, 4) is 11.4 Å². The molecule has 7 nitrogen and oxygen atoms in total. The van der Waals surface area contributed by atoms with Crippen LogP contribution in [-0.2, 0) is 12.7 Å². The maximum absolute atomic E-state index is 13.4. The van der Waals surface area contributed by atoms with Crippen molar-refractivity contribution in [2.75, 3.05) is 33.8 Å². The zero-order valence-corrected chi connectivity index (χ0v) is 23.7. The second-order valence-electron chi connectivity index (χ2n) is 9.49. The Morgan fingerprint density at radius 2 is 1.55 bits per heavy atom. The summed E-state index contributed by atoms with van der Waals surface area (Å²) in [5.74, 6) is -0.399. The SMILES string of the molecule is COc1ccc(-n2nnnc2C(F)(F)F)cc1CN1CCN(C)[C@@H](C(c2ccccc2)c2ccccc2)C1.Cl.Cl. The molecule has 0 aliphatic carbocycles. The Labute approximate surface area is 243 Å². The van der Waals surface area contributed by atoms with E-state index in [0.29, 0.717) is 12.3 Å². The van der Waals surface area contributed by atoms with Gasteiger partial charge in [0.05, 0.1) is 12.8 Å². The minimum absolute atomic E-state index is 0. The summed E-state index contributed by atoms with van der Waals surface area (Å²) in [6.45, 7) is 2.96. The standard InChI is InChI=1S/C28H29F3N6O.2ClH/c1-35-15-16-36(19-24(35)26(20-9-5-3-6-10-20)21-11-7-4-8-12-21)18-22-17-23(13-14-25(22)38-2)37-27(28(29,30)31)32-33-34-37;;/h3-14,17,24,26H,15-16,18-19H2,1-2H3;2*1H/t24-;;/m1../s1. The summed E-state index contributed by atoms with van der Waals surface area (Å²) in [6, 6.07) is 26.0. The number of rotatable bonds is 7. The van der Waals surface area contributed by atoms with E-state index < -0.39 is 12.0 Å². The molecule has 3 aromatic carbocycles. The Morgan fingerprint density at radius 1 is 0.925 bits per heavy atom. The van der Waals surface area contributed by atoms with Gasteiger partial charge in [-0.3, -0.25) is 9.80 Å². The molecule has 0 amide bonds. The van der Waals surface area contributed by atoms with E-state index in [4.69, 9.17) is 4.74 Å². The Bertz CT molecular complexity index is 1320. The minimum Gasteiger partial charge on any atom is -0.496 e. The van der Waals surface area contributed by atoms with Crippen LogP contribution in [0.15, 0.2) is 78.9 Å². The van der Waals surface area contributed by atoms with Gasteiger partial charge in [-0.15, -0.1) is 29.9 Å². The fourth-order valence-corrected chi connectivity index (χ4v) is 5.22. The summed E-state index contributed by atoms with van der Waals surface area (Å²) < 4.78 is 46.6. The number of halogens is 5. The Morgan fingerprint density at radius 3 is 2.12 bits per heavy atom. The number of likely N-dealkylation sites (N-methyl/N-ethyl adjacent to an activating group) is 1. The number of alkyl halides is 3. The Balaban J connectivity index is 0.00000220. The summed E-state index contributed by atoms with van der Waals surface area (Å²) in [5, 5.41) is 10.0. The first kappa shape index (κ1) is 31.3. The molecule has 1 aliphatic rings. The van der Waals surface area contributed by atoms with Crippen LogP contribution in [0.3, 0.4) is 0 Å². The fraction of sp³-hybridized carbons (Fsp3) is 0.321. The molecule has 1 aromatic heterocycles. The second-order valence-corrected chi connectivity index (χ2v) is 9.49. The van der Waals surface area contributed by atoms with Gasteiger partial charge < -0.3 is 4.74 Å². The van der Waals surface area contributed by atoms with Crippen molar-refractivity contribution in [2.24, 2.45) is 0 Å². The third-order valence-electron chi connectivity index (χ3n) is 7.11. The molecule has 4 aromatic rings. The molecule has 1 aliphatic heterocycles. The van der Waals surface area contributed by atoms with Gasteiger partial charge in [-0.1, -0.05) is 60.7 Å². The van der Waals surface area contributed by atoms with Crippen LogP contribution in [0.4, 0.5) is 13.2 Å². The first-order chi connectivity index (χ1) is 18.3. The Hall–Kier alpha value is -3.18. The van der Waals surface area contributed by atoms with Crippen LogP contribution in [0.5, 0.6) is 5.75 Å². The topological polar surface area (TPSA) is 59.3 Å². The van der Waals surface area contributed by atoms with E-state index in [0.717, 1.165) is 29.9 Å². The monoisotopic (exact) mass is 594 g/mol. The molecule has 0 N–H and O–H groups in total. The highest BCUT2D eigenvalue weighted by Gasteiger charge is 2.39.